The number of hydrogen-bond acceptors (Lipinski definition) is 2. The highest BCUT2D eigenvalue weighted by Crippen LogP contribution is 2.36. The second kappa shape index (κ2) is 7.58. The molecule has 6 heteroatoms. The molecule has 1 aliphatic heterocycles. The molecule has 1 saturated heterocycles. The molecule has 1 aliphatic rings. The van der Waals surface area contributed by atoms with Crippen molar-refractivity contribution in [3.8, 4) is 0 Å². The summed E-state index contributed by atoms with van der Waals surface area (Å²) in [6.45, 7) is 0.850. The highest BCUT2D eigenvalue weighted by Gasteiger charge is 2.35. The molecule has 30 heavy (non-hydrogen) atoms. The molecule has 0 bridgehead atoms. The molecule has 1 amide bonds. The molecule has 0 aliphatic carbocycles. The third-order valence-electron chi connectivity index (χ3n) is 5.60. The summed E-state index contributed by atoms with van der Waals surface area (Å²) in [4.78, 5) is 19.4. The number of carbonyl (C=O) groups is 1. The third-order valence-corrected chi connectivity index (χ3v) is 5.92. The summed E-state index contributed by atoms with van der Waals surface area (Å²) in [6.07, 6.45) is 0.339. The van der Waals surface area contributed by atoms with Crippen LogP contribution in [0.5, 0.6) is 0 Å². The van der Waals surface area contributed by atoms with Gasteiger partial charge in [-0.05, 0) is 30.3 Å². The van der Waals surface area contributed by atoms with Gasteiger partial charge in [0.05, 0.1) is 28.3 Å². The van der Waals surface area contributed by atoms with Crippen LogP contribution in [0.15, 0.2) is 72.8 Å². The first-order valence-electron chi connectivity index (χ1n) is 9.85. The van der Waals surface area contributed by atoms with E-state index in [1.165, 1.54) is 6.07 Å². The Hall–Kier alpha value is -3.18. The Morgan fingerprint density at radius 2 is 1.73 bits per heavy atom. The fourth-order valence-electron chi connectivity index (χ4n) is 4.15. The van der Waals surface area contributed by atoms with Crippen LogP contribution >= 0.6 is 11.6 Å². The second-order valence-electron chi connectivity index (χ2n) is 7.49. The van der Waals surface area contributed by atoms with Gasteiger partial charge >= 0.3 is 0 Å². The van der Waals surface area contributed by atoms with Crippen molar-refractivity contribution >= 4 is 34.2 Å². The first-order chi connectivity index (χ1) is 14.6. The van der Waals surface area contributed by atoms with Gasteiger partial charge in [-0.1, -0.05) is 54.1 Å². The SMILES string of the molecule is O=C1C[C@H](c2nc3ccccc3n2Cc2ccccc2F)CN1c1ccccc1Cl. The van der Waals surface area contributed by atoms with E-state index in [0.29, 0.717) is 35.8 Å². The van der Waals surface area contributed by atoms with Crippen LogP contribution in [0.2, 0.25) is 5.02 Å². The minimum atomic E-state index is -0.249. The van der Waals surface area contributed by atoms with Crippen LogP contribution < -0.4 is 4.90 Å². The summed E-state index contributed by atoms with van der Waals surface area (Å²) < 4.78 is 16.4. The minimum Gasteiger partial charge on any atom is -0.323 e. The van der Waals surface area contributed by atoms with Crippen molar-refractivity contribution in [3.63, 3.8) is 0 Å². The van der Waals surface area contributed by atoms with Crippen LogP contribution in [-0.2, 0) is 11.3 Å². The van der Waals surface area contributed by atoms with Gasteiger partial charge < -0.3 is 9.47 Å². The van der Waals surface area contributed by atoms with Crippen molar-refractivity contribution in [1.82, 2.24) is 9.55 Å². The van der Waals surface area contributed by atoms with Gasteiger partial charge in [0.25, 0.3) is 0 Å². The summed E-state index contributed by atoms with van der Waals surface area (Å²) >= 11 is 6.33. The molecular weight excluding hydrogens is 401 g/mol. The van der Waals surface area contributed by atoms with Crippen LogP contribution in [-0.4, -0.2) is 22.0 Å². The summed E-state index contributed by atoms with van der Waals surface area (Å²) in [5.41, 5.74) is 3.07. The van der Waals surface area contributed by atoms with E-state index in [4.69, 9.17) is 16.6 Å². The Bertz CT molecular complexity index is 1250. The molecule has 1 fully saturated rings. The molecule has 0 radical (unpaired) electrons. The molecule has 4 aromatic rings. The van der Waals surface area contributed by atoms with Crippen molar-refractivity contribution in [2.75, 3.05) is 11.4 Å². The molecule has 2 heterocycles. The predicted octanol–water partition coefficient (Wildman–Crippen LogP) is 5.40. The molecule has 5 rings (SSSR count). The number of hydrogen-bond donors (Lipinski definition) is 0. The Labute approximate surface area is 178 Å². The number of halogens is 2. The molecule has 150 valence electrons. The lowest BCUT2D eigenvalue weighted by Crippen LogP contribution is -2.24. The maximum absolute atomic E-state index is 14.4. The number of carbonyl (C=O) groups excluding carboxylic acids is 1. The van der Waals surface area contributed by atoms with E-state index < -0.39 is 0 Å². The van der Waals surface area contributed by atoms with Crippen LogP contribution in [0.25, 0.3) is 11.0 Å². The molecule has 0 unspecified atom stereocenters. The van der Waals surface area contributed by atoms with Crippen molar-refractivity contribution in [3.05, 3.63) is 95.0 Å². The van der Waals surface area contributed by atoms with E-state index in [0.717, 1.165) is 16.9 Å². The molecule has 0 saturated carbocycles. The second-order valence-corrected chi connectivity index (χ2v) is 7.90. The molecule has 3 aromatic carbocycles. The smallest absolute Gasteiger partial charge is 0.227 e. The molecule has 1 aromatic heterocycles. The minimum absolute atomic E-state index is 0.0117. The lowest BCUT2D eigenvalue weighted by Gasteiger charge is -2.18. The molecule has 0 N–H and O–H groups in total. The van der Waals surface area contributed by atoms with Crippen molar-refractivity contribution in [2.24, 2.45) is 0 Å². The quantitative estimate of drug-likeness (QED) is 0.444. The number of fused-ring (bicyclic) bond motifs is 1. The van der Waals surface area contributed by atoms with E-state index in [1.807, 2.05) is 53.1 Å². The fraction of sp³-hybridized carbons (Fsp3) is 0.167. The summed E-state index contributed by atoms with van der Waals surface area (Å²) in [6, 6.07) is 21.9. The standard InChI is InChI=1S/C24H19ClFN3O/c25-18-8-2-5-11-21(18)28-15-17(13-23(28)30)24-27-20-10-4-6-12-22(20)29(24)14-16-7-1-3-9-19(16)26/h1-12,17H,13-15H2/t17-/m0/s1. The normalized spacial score (nSPS) is 16.5. The summed E-state index contributed by atoms with van der Waals surface area (Å²) in [5, 5.41) is 0.548. The number of aromatic nitrogens is 2. The van der Waals surface area contributed by atoms with Gasteiger partial charge in [0, 0.05) is 24.4 Å². The van der Waals surface area contributed by atoms with Gasteiger partial charge in [-0.3, -0.25) is 4.79 Å². The third kappa shape index (κ3) is 3.25. The lowest BCUT2D eigenvalue weighted by atomic mass is 10.1. The van der Waals surface area contributed by atoms with Gasteiger partial charge in [-0.15, -0.1) is 0 Å². The zero-order valence-corrected chi connectivity index (χ0v) is 16.9. The van der Waals surface area contributed by atoms with Gasteiger partial charge in [0.15, 0.2) is 0 Å². The highest BCUT2D eigenvalue weighted by molar-refractivity contribution is 6.33. The van der Waals surface area contributed by atoms with Crippen LogP contribution in [0.3, 0.4) is 0 Å². The molecule has 0 spiro atoms. The number of amides is 1. The van der Waals surface area contributed by atoms with Gasteiger partial charge in [0.1, 0.15) is 11.6 Å². The van der Waals surface area contributed by atoms with Crippen molar-refractivity contribution < 1.29 is 9.18 Å². The van der Waals surface area contributed by atoms with Crippen LogP contribution in [0.1, 0.15) is 23.7 Å². The monoisotopic (exact) mass is 419 g/mol. The van der Waals surface area contributed by atoms with E-state index in [-0.39, 0.29) is 17.6 Å². The number of benzene rings is 3. The first kappa shape index (κ1) is 18.8. The Balaban J connectivity index is 1.55. The number of rotatable bonds is 4. The molecule has 4 nitrogen and oxygen atoms in total. The van der Waals surface area contributed by atoms with Crippen molar-refractivity contribution in [1.29, 1.82) is 0 Å². The van der Waals surface area contributed by atoms with Crippen molar-refractivity contribution in [2.45, 2.75) is 18.9 Å². The van der Waals surface area contributed by atoms with E-state index in [2.05, 4.69) is 0 Å². The van der Waals surface area contributed by atoms with Crippen LogP contribution in [0.4, 0.5) is 10.1 Å². The Morgan fingerprint density at radius 3 is 2.57 bits per heavy atom. The van der Waals surface area contributed by atoms with Gasteiger partial charge in [-0.25, -0.2) is 9.37 Å². The summed E-state index contributed by atoms with van der Waals surface area (Å²) in [7, 11) is 0. The first-order valence-corrected chi connectivity index (χ1v) is 10.2. The molecule has 1 atom stereocenters. The predicted molar refractivity (Wildman–Crippen MR) is 116 cm³/mol. The maximum atomic E-state index is 14.4. The zero-order chi connectivity index (χ0) is 20.7. The zero-order valence-electron chi connectivity index (χ0n) is 16.1. The van der Waals surface area contributed by atoms with E-state index >= 15 is 0 Å². The number of nitrogens with zero attached hydrogens (tertiary/aromatic N) is 3. The highest BCUT2D eigenvalue weighted by atomic mass is 35.5. The number of para-hydroxylation sites is 3. The number of anilines is 1. The Morgan fingerprint density at radius 1 is 1.00 bits per heavy atom. The van der Waals surface area contributed by atoms with Gasteiger partial charge in [0.2, 0.25) is 5.91 Å². The Kier molecular flexibility index (Phi) is 4.75. The van der Waals surface area contributed by atoms with Gasteiger partial charge in [-0.2, -0.15) is 0 Å². The molecular formula is C24H19ClFN3O. The summed E-state index contributed by atoms with van der Waals surface area (Å²) in [5.74, 6) is 0.453. The average molecular weight is 420 g/mol. The lowest BCUT2D eigenvalue weighted by molar-refractivity contribution is -0.117. The maximum Gasteiger partial charge on any atom is 0.227 e. The van der Waals surface area contributed by atoms with Crippen LogP contribution in [0, 0.1) is 5.82 Å². The van der Waals surface area contributed by atoms with E-state index in [9.17, 15) is 9.18 Å². The average Bonchev–Trinajstić information content (AvgIpc) is 3.31. The van der Waals surface area contributed by atoms with E-state index in [1.54, 1.807) is 23.1 Å². The fourth-order valence-corrected chi connectivity index (χ4v) is 4.39. The topological polar surface area (TPSA) is 38.1 Å². The largest absolute Gasteiger partial charge is 0.323 e. The number of imidazole rings is 1.